The van der Waals surface area contributed by atoms with Crippen molar-refractivity contribution >= 4 is 23.2 Å². The number of fused-ring (bicyclic) bond motifs is 3. The molecule has 2 heterocycles. The molecule has 1 fully saturated rings. The summed E-state index contributed by atoms with van der Waals surface area (Å²) in [6.45, 7) is 8.37. The molecule has 0 aromatic heterocycles. The maximum absolute atomic E-state index is 12.9. The summed E-state index contributed by atoms with van der Waals surface area (Å²) in [4.78, 5) is 16.4. The van der Waals surface area contributed by atoms with Gasteiger partial charge in [-0.2, -0.15) is 0 Å². The quantitative estimate of drug-likeness (QED) is 0.800. The number of hydrogen-bond acceptors (Lipinski definition) is 3. The second kappa shape index (κ2) is 3.93. The Balaban J connectivity index is 2.22. The summed E-state index contributed by atoms with van der Waals surface area (Å²) in [6.07, 6.45) is 0. The maximum Gasteiger partial charge on any atom is 0.277 e. The highest BCUT2D eigenvalue weighted by atomic mass is 35.5. The Hall–Kier alpha value is -1.26. The van der Waals surface area contributed by atoms with Gasteiger partial charge < -0.3 is 14.9 Å². The minimum atomic E-state index is -1.55. The first-order valence-corrected chi connectivity index (χ1v) is 7.49. The van der Waals surface area contributed by atoms with Crippen LogP contribution in [0.25, 0.3) is 0 Å². The van der Waals surface area contributed by atoms with Crippen LogP contribution in [0.2, 0.25) is 5.02 Å². The summed E-state index contributed by atoms with van der Waals surface area (Å²) in [5, 5.41) is 11.9. The van der Waals surface area contributed by atoms with E-state index in [1.807, 2.05) is 39.8 Å². The van der Waals surface area contributed by atoms with E-state index in [4.69, 9.17) is 11.6 Å². The Morgan fingerprint density at radius 1 is 1.33 bits per heavy atom. The minimum absolute atomic E-state index is 0.243. The first-order valence-electron chi connectivity index (χ1n) is 7.12. The van der Waals surface area contributed by atoms with Crippen LogP contribution >= 0.6 is 11.6 Å². The molecule has 0 aliphatic carbocycles. The highest BCUT2D eigenvalue weighted by molar-refractivity contribution is 6.30. The van der Waals surface area contributed by atoms with Gasteiger partial charge in [0.05, 0.1) is 5.41 Å². The van der Waals surface area contributed by atoms with Crippen LogP contribution in [0, 0.1) is 0 Å². The molecule has 0 unspecified atom stereocenters. The van der Waals surface area contributed by atoms with E-state index in [1.165, 1.54) is 0 Å². The molecule has 1 aromatic rings. The van der Waals surface area contributed by atoms with E-state index in [-0.39, 0.29) is 11.4 Å². The van der Waals surface area contributed by atoms with Gasteiger partial charge in [0, 0.05) is 29.8 Å². The molecule has 2 aliphatic rings. The second-order valence-corrected chi connectivity index (χ2v) is 7.72. The van der Waals surface area contributed by atoms with Gasteiger partial charge in [0.2, 0.25) is 5.72 Å². The van der Waals surface area contributed by atoms with Gasteiger partial charge in [0.1, 0.15) is 0 Å². The minimum Gasteiger partial charge on any atom is -0.362 e. The normalized spacial score (nSPS) is 31.7. The number of carbonyl (C=O) groups is 1. The van der Waals surface area contributed by atoms with Crippen LogP contribution in [0.4, 0.5) is 5.69 Å². The molecule has 1 saturated heterocycles. The lowest BCUT2D eigenvalue weighted by molar-refractivity contribution is -0.148. The van der Waals surface area contributed by atoms with Gasteiger partial charge in [-0.15, -0.1) is 0 Å². The van der Waals surface area contributed by atoms with Gasteiger partial charge in [0.15, 0.2) is 0 Å². The fraction of sp³-hybridized carbons (Fsp3) is 0.562. The van der Waals surface area contributed by atoms with Gasteiger partial charge >= 0.3 is 0 Å². The molecular formula is C16H21ClN2O2. The number of anilines is 1. The van der Waals surface area contributed by atoms with Crippen LogP contribution in [-0.4, -0.2) is 40.8 Å². The van der Waals surface area contributed by atoms with Gasteiger partial charge in [-0.1, -0.05) is 11.6 Å². The molecule has 0 saturated carbocycles. The first kappa shape index (κ1) is 14.7. The van der Waals surface area contributed by atoms with E-state index < -0.39 is 11.1 Å². The highest BCUT2D eigenvalue weighted by Crippen LogP contribution is 2.55. The van der Waals surface area contributed by atoms with Crippen molar-refractivity contribution in [1.82, 2.24) is 4.90 Å². The van der Waals surface area contributed by atoms with E-state index >= 15 is 0 Å². The van der Waals surface area contributed by atoms with Crippen molar-refractivity contribution in [3.63, 3.8) is 0 Å². The summed E-state index contributed by atoms with van der Waals surface area (Å²) in [7, 11) is 1.77. The number of likely N-dealkylation sites (N-methyl/N-ethyl adjacent to an activating group) is 1. The fourth-order valence-electron chi connectivity index (χ4n) is 3.67. The average molecular weight is 309 g/mol. The summed E-state index contributed by atoms with van der Waals surface area (Å²) in [6, 6.07) is 5.52. The monoisotopic (exact) mass is 308 g/mol. The van der Waals surface area contributed by atoms with E-state index in [0.29, 0.717) is 11.6 Å². The number of aliphatic hydroxyl groups is 1. The molecular weight excluding hydrogens is 288 g/mol. The van der Waals surface area contributed by atoms with Crippen molar-refractivity contribution in [2.45, 2.75) is 44.4 Å². The number of rotatable bonds is 0. The molecule has 2 atom stereocenters. The Morgan fingerprint density at radius 3 is 2.52 bits per heavy atom. The molecule has 21 heavy (non-hydrogen) atoms. The Morgan fingerprint density at radius 2 is 1.95 bits per heavy atom. The SMILES string of the molecule is CN1c2ccc(Cl)cc2[C@]2(C)CN(C(C)(C)C)C(=O)[C@@]12O. The number of nitrogens with zero attached hydrogens (tertiary/aromatic N) is 2. The summed E-state index contributed by atoms with van der Waals surface area (Å²) >= 11 is 6.13. The van der Waals surface area contributed by atoms with Gasteiger partial charge in [-0.3, -0.25) is 4.79 Å². The third kappa shape index (κ3) is 1.58. The molecule has 4 nitrogen and oxygen atoms in total. The lowest BCUT2D eigenvalue weighted by Crippen LogP contribution is -2.59. The topological polar surface area (TPSA) is 43.8 Å². The van der Waals surface area contributed by atoms with Crippen LogP contribution in [0.5, 0.6) is 0 Å². The summed E-state index contributed by atoms with van der Waals surface area (Å²) in [5.74, 6) is -0.243. The lowest BCUT2D eigenvalue weighted by atomic mass is 9.78. The highest BCUT2D eigenvalue weighted by Gasteiger charge is 2.69. The van der Waals surface area contributed by atoms with Crippen LogP contribution in [0.1, 0.15) is 33.3 Å². The van der Waals surface area contributed by atoms with Gasteiger partial charge in [0.25, 0.3) is 5.91 Å². The average Bonchev–Trinajstić information content (AvgIpc) is 2.69. The fourth-order valence-corrected chi connectivity index (χ4v) is 3.84. The zero-order chi connectivity index (χ0) is 15.8. The molecule has 1 aromatic carbocycles. The van der Waals surface area contributed by atoms with E-state index in [0.717, 1.165) is 11.3 Å². The molecule has 0 bridgehead atoms. The van der Waals surface area contributed by atoms with Crippen molar-refractivity contribution in [2.24, 2.45) is 0 Å². The van der Waals surface area contributed by atoms with Crippen molar-refractivity contribution in [2.75, 3.05) is 18.5 Å². The molecule has 5 heteroatoms. The first-order chi connectivity index (χ1) is 9.53. The molecule has 0 spiro atoms. The number of likely N-dealkylation sites (tertiary alicyclic amines) is 1. The predicted molar refractivity (Wildman–Crippen MR) is 83.6 cm³/mol. The molecule has 1 N–H and O–H groups in total. The van der Waals surface area contributed by atoms with Gasteiger partial charge in [-0.05, 0) is 51.5 Å². The standard InChI is InChI=1S/C16H21ClN2O2/c1-14(2,3)19-9-15(4)11-8-10(17)6-7-12(11)18(5)16(15,21)13(19)20/h6-8,21H,9H2,1-5H3/t15-,16-/m0/s1. The summed E-state index contributed by atoms with van der Waals surface area (Å²) in [5.41, 5.74) is -0.772. The van der Waals surface area contributed by atoms with Crippen LogP contribution in [-0.2, 0) is 10.2 Å². The van der Waals surface area contributed by atoms with Crippen molar-refractivity contribution < 1.29 is 9.90 Å². The third-order valence-electron chi connectivity index (χ3n) is 5.00. The molecule has 1 amide bonds. The number of benzene rings is 1. The zero-order valence-electron chi connectivity index (χ0n) is 13.1. The smallest absolute Gasteiger partial charge is 0.277 e. The Labute approximate surface area is 130 Å². The number of halogens is 1. The zero-order valence-corrected chi connectivity index (χ0v) is 13.8. The van der Waals surface area contributed by atoms with Crippen molar-refractivity contribution in [3.05, 3.63) is 28.8 Å². The predicted octanol–water partition coefficient (Wildman–Crippen LogP) is 2.38. The maximum atomic E-state index is 12.9. The van der Waals surface area contributed by atoms with E-state index in [2.05, 4.69) is 0 Å². The van der Waals surface area contributed by atoms with E-state index in [1.54, 1.807) is 22.9 Å². The Bertz CT molecular complexity index is 640. The number of hydrogen-bond donors (Lipinski definition) is 1. The molecule has 114 valence electrons. The van der Waals surface area contributed by atoms with Crippen molar-refractivity contribution in [1.29, 1.82) is 0 Å². The van der Waals surface area contributed by atoms with Crippen molar-refractivity contribution in [3.8, 4) is 0 Å². The second-order valence-electron chi connectivity index (χ2n) is 7.29. The van der Waals surface area contributed by atoms with Crippen LogP contribution in [0.15, 0.2) is 18.2 Å². The summed E-state index contributed by atoms with van der Waals surface area (Å²) < 4.78 is 0. The van der Waals surface area contributed by atoms with E-state index in [9.17, 15) is 9.90 Å². The number of amides is 1. The van der Waals surface area contributed by atoms with Crippen LogP contribution in [0.3, 0.4) is 0 Å². The third-order valence-corrected chi connectivity index (χ3v) is 5.23. The number of carbonyl (C=O) groups excluding carboxylic acids is 1. The van der Waals surface area contributed by atoms with Crippen LogP contribution < -0.4 is 4.90 Å². The largest absolute Gasteiger partial charge is 0.362 e. The lowest BCUT2D eigenvalue weighted by Gasteiger charge is -2.36. The molecule has 3 rings (SSSR count). The molecule has 0 radical (unpaired) electrons. The Kier molecular flexibility index (Phi) is 2.74. The molecule has 2 aliphatic heterocycles. The van der Waals surface area contributed by atoms with Gasteiger partial charge in [-0.25, -0.2) is 0 Å².